The van der Waals surface area contributed by atoms with Crippen molar-refractivity contribution in [2.45, 2.75) is 45.1 Å². The molecule has 1 unspecified atom stereocenters. The molecule has 4 nitrogen and oxygen atoms in total. The number of rotatable bonds is 5. The Morgan fingerprint density at radius 2 is 1.86 bits per heavy atom. The van der Waals surface area contributed by atoms with Crippen LogP contribution < -0.4 is 0 Å². The fourth-order valence-electron chi connectivity index (χ4n) is 3.05. The Morgan fingerprint density at radius 1 is 1.24 bits per heavy atom. The van der Waals surface area contributed by atoms with Gasteiger partial charge in [-0.1, -0.05) is 37.5 Å². The van der Waals surface area contributed by atoms with Crippen LogP contribution in [-0.4, -0.2) is 30.6 Å². The van der Waals surface area contributed by atoms with Gasteiger partial charge in [0.05, 0.1) is 11.8 Å². The zero-order valence-corrected chi connectivity index (χ0v) is 13.6. The fraction of sp³-hybridized carbons (Fsp3) is 0.625. The molecule has 1 fully saturated rings. The van der Waals surface area contributed by atoms with Crippen LogP contribution in [0.5, 0.6) is 5.75 Å². The van der Waals surface area contributed by atoms with E-state index in [1.165, 1.54) is 10.7 Å². The lowest BCUT2D eigenvalue weighted by Gasteiger charge is -2.28. The molecule has 1 aromatic rings. The molecule has 0 spiro atoms. The van der Waals surface area contributed by atoms with E-state index >= 15 is 0 Å². The molecule has 1 saturated carbocycles. The van der Waals surface area contributed by atoms with Crippen molar-refractivity contribution in [3.63, 3.8) is 0 Å². The molecule has 21 heavy (non-hydrogen) atoms. The van der Waals surface area contributed by atoms with Crippen molar-refractivity contribution in [3.05, 3.63) is 29.8 Å². The Labute approximate surface area is 127 Å². The van der Waals surface area contributed by atoms with Crippen LogP contribution >= 0.6 is 0 Å². The third-order valence-corrected chi connectivity index (χ3v) is 6.63. The van der Waals surface area contributed by atoms with Crippen molar-refractivity contribution in [1.29, 1.82) is 0 Å². The topological polar surface area (TPSA) is 57.6 Å². The first-order valence-electron chi connectivity index (χ1n) is 7.65. The van der Waals surface area contributed by atoms with Gasteiger partial charge in [0.25, 0.3) is 0 Å². The molecule has 1 N–H and O–H groups in total. The Kier molecular flexibility index (Phi) is 5.27. The molecular formula is C16H25NO3S. The van der Waals surface area contributed by atoms with Gasteiger partial charge in [-0.15, -0.1) is 0 Å². The van der Waals surface area contributed by atoms with E-state index in [1.54, 1.807) is 25.2 Å². The number of nitrogens with zero attached hydrogens (tertiary/aromatic N) is 1. The third kappa shape index (κ3) is 3.98. The van der Waals surface area contributed by atoms with Crippen molar-refractivity contribution in [3.8, 4) is 5.75 Å². The molecule has 1 aromatic carbocycles. The molecule has 0 radical (unpaired) electrons. The van der Waals surface area contributed by atoms with Crippen LogP contribution in [0.3, 0.4) is 0 Å². The quantitative estimate of drug-likeness (QED) is 0.907. The van der Waals surface area contributed by atoms with Crippen molar-refractivity contribution < 1.29 is 13.5 Å². The molecule has 0 heterocycles. The van der Waals surface area contributed by atoms with Crippen molar-refractivity contribution in [1.82, 2.24) is 4.31 Å². The molecule has 1 atom stereocenters. The summed E-state index contributed by atoms with van der Waals surface area (Å²) in [5, 5.41) is 9.90. The average Bonchev–Trinajstić information content (AvgIpc) is 2.47. The van der Waals surface area contributed by atoms with Gasteiger partial charge in [-0.05, 0) is 31.7 Å². The predicted molar refractivity (Wildman–Crippen MR) is 84.6 cm³/mol. The first-order chi connectivity index (χ1) is 9.92. The molecule has 0 aliphatic heterocycles. The van der Waals surface area contributed by atoms with E-state index < -0.39 is 10.0 Å². The van der Waals surface area contributed by atoms with E-state index in [9.17, 15) is 13.5 Å². The minimum Gasteiger partial charge on any atom is -0.508 e. The second kappa shape index (κ2) is 6.79. The zero-order chi connectivity index (χ0) is 15.5. The molecule has 1 aliphatic rings. The molecule has 1 aliphatic carbocycles. The van der Waals surface area contributed by atoms with Crippen LogP contribution in [0.1, 0.15) is 50.6 Å². The SMILES string of the molecule is CC(c1ccccc1O)N(C)S(=O)(=O)CC1CCCCC1. The van der Waals surface area contributed by atoms with Crippen LogP contribution in [0.2, 0.25) is 0 Å². The minimum atomic E-state index is -3.30. The van der Waals surface area contributed by atoms with E-state index in [4.69, 9.17) is 0 Å². The molecule has 5 heteroatoms. The molecule has 0 bridgehead atoms. The van der Waals surface area contributed by atoms with Gasteiger partial charge in [0.15, 0.2) is 0 Å². The maximum atomic E-state index is 12.6. The fourth-order valence-corrected chi connectivity index (χ4v) is 4.81. The molecule has 2 rings (SSSR count). The number of aromatic hydroxyl groups is 1. The largest absolute Gasteiger partial charge is 0.508 e. The summed E-state index contributed by atoms with van der Waals surface area (Å²) in [6.07, 6.45) is 5.52. The van der Waals surface area contributed by atoms with E-state index in [0.29, 0.717) is 5.56 Å². The third-order valence-electron chi connectivity index (χ3n) is 4.54. The van der Waals surface area contributed by atoms with E-state index in [0.717, 1.165) is 25.7 Å². The van der Waals surface area contributed by atoms with Gasteiger partial charge in [-0.25, -0.2) is 8.42 Å². The number of hydrogen-bond donors (Lipinski definition) is 1. The Bertz CT molecular complexity index is 565. The highest BCUT2D eigenvalue weighted by molar-refractivity contribution is 7.89. The highest BCUT2D eigenvalue weighted by atomic mass is 32.2. The minimum absolute atomic E-state index is 0.143. The van der Waals surface area contributed by atoms with Gasteiger partial charge in [-0.2, -0.15) is 4.31 Å². The zero-order valence-electron chi connectivity index (χ0n) is 12.8. The second-order valence-electron chi connectivity index (χ2n) is 6.03. The standard InChI is InChI=1S/C16H25NO3S/c1-13(15-10-6-7-11-16(15)18)17(2)21(19,20)12-14-8-4-3-5-9-14/h6-7,10-11,13-14,18H,3-5,8-9,12H2,1-2H3. The van der Waals surface area contributed by atoms with Gasteiger partial charge in [0, 0.05) is 12.6 Å². The summed E-state index contributed by atoms with van der Waals surface area (Å²) in [5.74, 6) is 0.647. The average molecular weight is 311 g/mol. The lowest BCUT2D eigenvalue weighted by molar-refractivity contribution is 0.355. The van der Waals surface area contributed by atoms with E-state index in [2.05, 4.69) is 0 Å². The van der Waals surface area contributed by atoms with E-state index in [-0.39, 0.29) is 23.5 Å². The summed E-state index contributed by atoms with van der Waals surface area (Å²) < 4.78 is 26.5. The summed E-state index contributed by atoms with van der Waals surface area (Å²) in [6, 6.07) is 6.55. The number of sulfonamides is 1. The maximum Gasteiger partial charge on any atom is 0.214 e. The van der Waals surface area contributed by atoms with Crippen LogP contribution in [0, 0.1) is 5.92 Å². The van der Waals surface area contributed by atoms with Crippen LogP contribution in [0.15, 0.2) is 24.3 Å². The molecule has 0 amide bonds. The predicted octanol–water partition coefficient (Wildman–Crippen LogP) is 3.30. The first kappa shape index (κ1) is 16.3. The highest BCUT2D eigenvalue weighted by Crippen LogP contribution is 2.31. The summed E-state index contributed by atoms with van der Waals surface area (Å²) in [7, 11) is -1.70. The van der Waals surface area contributed by atoms with Gasteiger partial charge in [-0.3, -0.25) is 0 Å². The summed E-state index contributed by atoms with van der Waals surface area (Å²) >= 11 is 0. The van der Waals surface area contributed by atoms with Crippen LogP contribution in [0.4, 0.5) is 0 Å². The smallest absolute Gasteiger partial charge is 0.214 e. The number of para-hydroxylation sites is 1. The van der Waals surface area contributed by atoms with Crippen LogP contribution in [0.25, 0.3) is 0 Å². The van der Waals surface area contributed by atoms with E-state index in [1.807, 2.05) is 13.0 Å². The summed E-state index contributed by atoms with van der Waals surface area (Å²) in [5.41, 5.74) is 0.646. The van der Waals surface area contributed by atoms with Crippen LogP contribution in [-0.2, 0) is 10.0 Å². The number of phenolic OH excluding ortho intramolecular Hbond substituents is 1. The van der Waals surface area contributed by atoms with Gasteiger partial charge in [0.1, 0.15) is 5.75 Å². The normalized spacial score (nSPS) is 18.8. The first-order valence-corrected chi connectivity index (χ1v) is 9.26. The van der Waals surface area contributed by atoms with Crippen molar-refractivity contribution in [2.24, 2.45) is 5.92 Å². The molecule has 0 aromatic heterocycles. The highest BCUT2D eigenvalue weighted by Gasteiger charge is 2.29. The second-order valence-corrected chi connectivity index (χ2v) is 8.11. The monoisotopic (exact) mass is 311 g/mol. The number of benzene rings is 1. The van der Waals surface area contributed by atoms with Gasteiger partial charge < -0.3 is 5.11 Å². The molecular weight excluding hydrogens is 286 g/mol. The Hall–Kier alpha value is -1.07. The van der Waals surface area contributed by atoms with Gasteiger partial charge in [0.2, 0.25) is 10.0 Å². The van der Waals surface area contributed by atoms with Crippen molar-refractivity contribution >= 4 is 10.0 Å². The Morgan fingerprint density at radius 3 is 2.48 bits per heavy atom. The Balaban J connectivity index is 2.10. The number of hydrogen-bond acceptors (Lipinski definition) is 3. The molecule has 0 saturated heterocycles. The van der Waals surface area contributed by atoms with Gasteiger partial charge >= 0.3 is 0 Å². The van der Waals surface area contributed by atoms with Crippen molar-refractivity contribution in [2.75, 3.05) is 12.8 Å². The lowest BCUT2D eigenvalue weighted by Crippen LogP contribution is -2.34. The maximum absolute atomic E-state index is 12.6. The summed E-state index contributed by atoms with van der Waals surface area (Å²) in [6.45, 7) is 1.81. The summed E-state index contributed by atoms with van der Waals surface area (Å²) in [4.78, 5) is 0. The lowest BCUT2D eigenvalue weighted by atomic mass is 9.91. The molecule has 118 valence electrons. The number of phenols is 1.